The summed E-state index contributed by atoms with van der Waals surface area (Å²) in [4.78, 5) is 2.50. The van der Waals surface area contributed by atoms with Crippen molar-refractivity contribution in [1.29, 1.82) is 0 Å². The van der Waals surface area contributed by atoms with E-state index in [1.165, 1.54) is 62.7 Å². The highest BCUT2D eigenvalue weighted by Crippen LogP contribution is 2.41. The van der Waals surface area contributed by atoms with E-state index in [0.29, 0.717) is 0 Å². The zero-order valence-corrected chi connectivity index (χ0v) is 13.0. The van der Waals surface area contributed by atoms with Crippen molar-refractivity contribution in [2.24, 2.45) is 5.73 Å². The minimum absolute atomic E-state index is 0.190. The first-order valence-electron chi connectivity index (χ1n) is 7.95. The Morgan fingerprint density at radius 3 is 2.40 bits per heavy atom. The summed E-state index contributed by atoms with van der Waals surface area (Å²) < 4.78 is 0. The highest BCUT2D eigenvalue weighted by atomic mass is 35.5. The van der Waals surface area contributed by atoms with Crippen LogP contribution in [0.4, 0.5) is 0 Å². The van der Waals surface area contributed by atoms with Gasteiger partial charge in [0.2, 0.25) is 0 Å². The molecule has 1 aliphatic carbocycles. The van der Waals surface area contributed by atoms with E-state index >= 15 is 0 Å². The van der Waals surface area contributed by atoms with Gasteiger partial charge >= 0.3 is 0 Å². The van der Waals surface area contributed by atoms with Crippen molar-refractivity contribution >= 4 is 11.6 Å². The number of halogens is 1. The molecule has 1 heterocycles. The van der Waals surface area contributed by atoms with Crippen molar-refractivity contribution < 1.29 is 0 Å². The molecule has 0 radical (unpaired) electrons. The fourth-order valence-corrected chi connectivity index (χ4v) is 4.09. The maximum Gasteiger partial charge on any atom is 0.0453 e. The van der Waals surface area contributed by atoms with Crippen molar-refractivity contribution in [2.45, 2.75) is 50.5 Å². The summed E-state index contributed by atoms with van der Waals surface area (Å²) in [6.07, 6.45) is 7.67. The highest BCUT2D eigenvalue weighted by molar-refractivity contribution is 6.31. The molecule has 0 spiro atoms. The third kappa shape index (κ3) is 2.74. The van der Waals surface area contributed by atoms with Gasteiger partial charge in [-0.1, -0.05) is 36.6 Å². The summed E-state index contributed by atoms with van der Waals surface area (Å²) in [7, 11) is 0. The third-order valence-corrected chi connectivity index (χ3v) is 5.56. The monoisotopic (exact) mass is 292 g/mol. The Hall–Kier alpha value is -0.570. The van der Waals surface area contributed by atoms with E-state index in [2.05, 4.69) is 23.1 Å². The van der Waals surface area contributed by atoms with Crippen molar-refractivity contribution in [1.82, 2.24) is 4.90 Å². The molecule has 0 unspecified atom stereocenters. The predicted octanol–water partition coefficient (Wildman–Crippen LogP) is 3.71. The zero-order valence-electron chi connectivity index (χ0n) is 12.2. The van der Waals surface area contributed by atoms with Crippen LogP contribution in [0, 0.1) is 0 Å². The van der Waals surface area contributed by atoms with E-state index in [1.807, 2.05) is 0 Å². The number of benzene rings is 1. The number of hydrogen-bond donors (Lipinski definition) is 1. The standard InChI is InChI=1S/C17H25ClN2/c18-16-11-15(17(13-19)7-1-2-8-17)6-5-14(16)12-20-9-3-4-10-20/h5-6,11H,1-4,7-10,12-13,19H2. The van der Waals surface area contributed by atoms with Gasteiger partial charge in [-0.2, -0.15) is 0 Å². The van der Waals surface area contributed by atoms with Gasteiger partial charge in [-0.05, 0) is 56.0 Å². The fourth-order valence-electron chi connectivity index (χ4n) is 3.85. The van der Waals surface area contributed by atoms with Crippen molar-refractivity contribution in [3.8, 4) is 0 Å². The van der Waals surface area contributed by atoms with Gasteiger partial charge in [0.25, 0.3) is 0 Å². The lowest BCUT2D eigenvalue weighted by molar-refractivity contribution is 0.331. The Balaban J connectivity index is 1.79. The second kappa shape index (κ2) is 6.05. The Morgan fingerprint density at radius 1 is 1.10 bits per heavy atom. The summed E-state index contributed by atoms with van der Waals surface area (Å²) in [5, 5.41) is 0.925. The van der Waals surface area contributed by atoms with E-state index < -0.39 is 0 Å². The van der Waals surface area contributed by atoms with Crippen LogP contribution in [0.1, 0.15) is 49.7 Å². The molecule has 3 heteroatoms. The Labute approximate surface area is 127 Å². The van der Waals surface area contributed by atoms with Crippen LogP contribution in [0.15, 0.2) is 18.2 Å². The quantitative estimate of drug-likeness (QED) is 0.917. The maximum absolute atomic E-state index is 6.54. The normalized spacial score (nSPS) is 22.5. The molecule has 1 saturated carbocycles. The summed E-state index contributed by atoms with van der Waals surface area (Å²) in [6, 6.07) is 6.69. The van der Waals surface area contributed by atoms with E-state index in [-0.39, 0.29) is 5.41 Å². The van der Waals surface area contributed by atoms with Crippen molar-refractivity contribution in [2.75, 3.05) is 19.6 Å². The van der Waals surface area contributed by atoms with Gasteiger partial charge in [0.15, 0.2) is 0 Å². The Morgan fingerprint density at radius 2 is 1.80 bits per heavy atom. The van der Waals surface area contributed by atoms with Gasteiger partial charge in [-0.3, -0.25) is 4.90 Å². The summed E-state index contributed by atoms with van der Waals surface area (Å²) >= 11 is 6.54. The van der Waals surface area contributed by atoms with Crippen molar-refractivity contribution in [3.63, 3.8) is 0 Å². The van der Waals surface area contributed by atoms with Crippen LogP contribution >= 0.6 is 11.6 Å². The predicted molar refractivity (Wildman–Crippen MR) is 85.2 cm³/mol. The second-order valence-corrected chi connectivity index (χ2v) is 6.89. The zero-order chi connectivity index (χ0) is 14.0. The van der Waals surface area contributed by atoms with E-state index in [4.69, 9.17) is 17.3 Å². The van der Waals surface area contributed by atoms with Gasteiger partial charge < -0.3 is 5.73 Å². The third-order valence-electron chi connectivity index (χ3n) is 5.21. The molecule has 1 aromatic rings. The van der Waals surface area contributed by atoms with Gasteiger partial charge in [0.05, 0.1) is 0 Å². The summed E-state index contributed by atoms with van der Waals surface area (Å²) in [5.41, 5.74) is 8.88. The van der Waals surface area contributed by atoms with Crippen LogP contribution in [-0.4, -0.2) is 24.5 Å². The van der Waals surface area contributed by atoms with Crippen LogP contribution in [0.25, 0.3) is 0 Å². The molecule has 1 saturated heterocycles. The van der Waals surface area contributed by atoms with Crippen LogP contribution in [0.5, 0.6) is 0 Å². The molecule has 0 amide bonds. The largest absolute Gasteiger partial charge is 0.330 e. The molecule has 2 fully saturated rings. The van der Waals surface area contributed by atoms with Crippen LogP contribution in [-0.2, 0) is 12.0 Å². The SMILES string of the molecule is NCC1(c2ccc(CN3CCCC3)c(Cl)c2)CCCC1. The first-order valence-corrected chi connectivity index (χ1v) is 8.33. The highest BCUT2D eigenvalue weighted by Gasteiger charge is 2.34. The number of likely N-dealkylation sites (tertiary alicyclic amines) is 1. The molecule has 0 aromatic heterocycles. The van der Waals surface area contributed by atoms with Crippen LogP contribution in [0.3, 0.4) is 0 Å². The molecular formula is C17H25ClN2. The lowest BCUT2D eigenvalue weighted by Gasteiger charge is -2.28. The Kier molecular flexibility index (Phi) is 4.34. The molecule has 2 nitrogen and oxygen atoms in total. The van der Waals surface area contributed by atoms with E-state index in [0.717, 1.165) is 18.1 Å². The average Bonchev–Trinajstić information content (AvgIpc) is 3.12. The lowest BCUT2D eigenvalue weighted by Crippen LogP contribution is -2.32. The molecule has 20 heavy (non-hydrogen) atoms. The van der Waals surface area contributed by atoms with E-state index in [1.54, 1.807) is 0 Å². The molecule has 1 aliphatic heterocycles. The molecule has 3 rings (SSSR count). The smallest absolute Gasteiger partial charge is 0.0453 e. The number of nitrogens with zero attached hydrogens (tertiary/aromatic N) is 1. The lowest BCUT2D eigenvalue weighted by atomic mass is 9.79. The minimum Gasteiger partial charge on any atom is -0.330 e. The molecular weight excluding hydrogens is 268 g/mol. The molecule has 110 valence electrons. The molecule has 0 atom stereocenters. The van der Waals surface area contributed by atoms with Gasteiger partial charge in [0, 0.05) is 23.5 Å². The number of rotatable bonds is 4. The van der Waals surface area contributed by atoms with E-state index in [9.17, 15) is 0 Å². The van der Waals surface area contributed by atoms with Gasteiger partial charge in [-0.25, -0.2) is 0 Å². The van der Waals surface area contributed by atoms with Gasteiger partial charge in [0.1, 0.15) is 0 Å². The van der Waals surface area contributed by atoms with Crippen LogP contribution in [0.2, 0.25) is 5.02 Å². The Bertz CT molecular complexity index is 460. The minimum atomic E-state index is 0.190. The molecule has 2 aliphatic rings. The van der Waals surface area contributed by atoms with Crippen molar-refractivity contribution in [3.05, 3.63) is 34.3 Å². The van der Waals surface area contributed by atoms with Gasteiger partial charge in [-0.15, -0.1) is 0 Å². The first kappa shape index (κ1) is 14.4. The van der Waals surface area contributed by atoms with Crippen LogP contribution < -0.4 is 5.73 Å². The topological polar surface area (TPSA) is 29.3 Å². The number of hydrogen-bond acceptors (Lipinski definition) is 2. The summed E-state index contributed by atoms with van der Waals surface area (Å²) in [6.45, 7) is 4.17. The average molecular weight is 293 g/mol. The molecule has 0 bridgehead atoms. The molecule has 2 N–H and O–H groups in total. The maximum atomic E-state index is 6.54. The second-order valence-electron chi connectivity index (χ2n) is 6.48. The number of nitrogens with two attached hydrogens (primary N) is 1. The summed E-state index contributed by atoms with van der Waals surface area (Å²) in [5.74, 6) is 0. The fraction of sp³-hybridized carbons (Fsp3) is 0.647. The first-order chi connectivity index (χ1) is 9.73. The molecule has 1 aromatic carbocycles.